The standard InChI is InChI=1S/C22H33FN3O13P/c1-12(2)37-20(29)32-10-35-40(31,36-11-33-21(30)38-13(3)4)34-9-22(14-5-6-14)17(27)16(23)18(39-22)26-8-7-15(24)25-19(26)28/h7-8,12-14,16-18,27H,5-6,9-11H2,1-4H3,(H2,24,25,28)/t16-,17+,18-,22+/m1/s1. The lowest BCUT2D eigenvalue weighted by atomic mass is 9.91. The number of hydrogen-bond acceptors (Lipinski definition) is 15. The van der Waals surface area contributed by atoms with Crippen LogP contribution in [-0.2, 0) is 41.8 Å². The van der Waals surface area contributed by atoms with E-state index in [9.17, 15) is 24.1 Å². The maximum atomic E-state index is 15.3. The van der Waals surface area contributed by atoms with Gasteiger partial charge in [0.15, 0.2) is 12.4 Å². The summed E-state index contributed by atoms with van der Waals surface area (Å²) in [5, 5.41) is 10.9. The average Bonchev–Trinajstić information content (AvgIpc) is 3.66. The maximum absolute atomic E-state index is 15.3. The summed E-state index contributed by atoms with van der Waals surface area (Å²) in [6.07, 6.45) is -6.73. The van der Waals surface area contributed by atoms with E-state index in [0.717, 1.165) is 10.8 Å². The molecule has 1 saturated heterocycles. The smallest absolute Gasteiger partial charge is 0.432 e. The zero-order valence-electron chi connectivity index (χ0n) is 22.3. The molecule has 1 aromatic rings. The number of nitrogens with two attached hydrogens (primary N) is 1. The lowest BCUT2D eigenvalue weighted by molar-refractivity contribution is -0.143. The molecule has 40 heavy (non-hydrogen) atoms. The van der Waals surface area contributed by atoms with Crippen LogP contribution in [0.5, 0.6) is 0 Å². The van der Waals surface area contributed by atoms with E-state index in [1.165, 1.54) is 6.07 Å². The van der Waals surface area contributed by atoms with Crippen LogP contribution in [0.2, 0.25) is 0 Å². The number of carbonyl (C=O) groups is 2. The van der Waals surface area contributed by atoms with Crippen molar-refractivity contribution in [3.05, 3.63) is 22.7 Å². The molecule has 1 aliphatic heterocycles. The van der Waals surface area contributed by atoms with Crippen molar-refractivity contribution in [3.8, 4) is 0 Å². The first-order chi connectivity index (χ1) is 18.8. The van der Waals surface area contributed by atoms with Gasteiger partial charge in [0.05, 0.1) is 18.8 Å². The normalized spacial score (nSPS) is 24.8. The van der Waals surface area contributed by atoms with Crippen molar-refractivity contribution in [2.45, 2.75) is 76.8 Å². The van der Waals surface area contributed by atoms with Crippen molar-refractivity contribution in [2.75, 3.05) is 25.9 Å². The summed E-state index contributed by atoms with van der Waals surface area (Å²) >= 11 is 0. The van der Waals surface area contributed by atoms with Gasteiger partial charge in [0.25, 0.3) is 0 Å². The van der Waals surface area contributed by atoms with E-state index in [1.807, 2.05) is 0 Å². The minimum atomic E-state index is -4.74. The summed E-state index contributed by atoms with van der Waals surface area (Å²) in [6, 6.07) is 1.25. The average molecular weight is 597 g/mol. The Bertz CT molecular complexity index is 1120. The summed E-state index contributed by atoms with van der Waals surface area (Å²) in [5.74, 6) is -0.549. The largest absolute Gasteiger partial charge is 0.510 e. The molecule has 0 radical (unpaired) electrons. The van der Waals surface area contributed by atoms with Gasteiger partial charge in [0, 0.05) is 6.20 Å². The molecule has 0 spiro atoms. The molecule has 0 aromatic carbocycles. The first-order valence-electron chi connectivity index (χ1n) is 12.3. The predicted octanol–water partition coefficient (Wildman–Crippen LogP) is 2.40. The van der Waals surface area contributed by atoms with Crippen molar-refractivity contribution in [3.63, 3.8) is 0 Å². The monoisotopic (exact) mass is 597 g/mol. The van der Waals surface area contributed by atoms with E-state index in [-0.39, 0.29) is 5.82 Å². The fourth-order valence-electron chi connectivity index (χ4n) is 3.78. The van der Waals surface area contributed by atoms with Gasteiger partial charge in [-0.2, -0.15) is 4.98 Å². The molecule has 3 rings (SSSR count). The lowest BCUT2D eigenvalue weighted by Crippen LogP contribution is -2.48. The minimum Gasteiger partial charge on any atom is -0.432 e. The molecule has 226 valence electrons. The quantitative estimate of drug-likeness (QED) is 0.190. The van der Waals surface area contributed by atoms with E-state index in [2.05, 4.69) is 14.5 Å². The van der Waals surface area contributed by atoms with Crippen LogP contribution < -0.4 is 11.4 Å². The number of hydrogen-bond donors (Lipinski definition) is 2. The molecule has 1 aromatic heterocycles. The first-order valence-corrected chi connectivity index (χ1v) is 13.8. The fraction of sp³-hybridized carbons (Fsp3) is 0.727. The Labute approximate surface area is 228 Å². The molecular formula is C22H33FN3O13P. The third-order valence-electron chi connectivity index (χ3n) is 5.70. The van der Waals surface area contributed by atoms with E-state index < -0.39 is 88.2 Å². The fourth-order valence-corrected chi connectivity index (χ4v) is 4.73. The van der Waals surface area contributed by atoms with Crippen LogP contribution in [0.3, 0.4) is 0 Å². The van der Waals surface area contributed by atoms with Gasteiger partial charge in [-0.15, -0.1) is 0 Å². The Hall–Kier alpha value is -2.82. The number of phosphoric acid groups is 1. The van der Waals surface area contributed by atoms with Gasteiger partial charge in [0.1, 0.15) is 17.5 Å². The molecule has 0 amide bonds. The molecule has 1 aliphatic carbocycles. The second-order valence-electron chi connectivity index (χ2n) is 9.51. The number of ether oxygens (including phenoxy) is 5. The summed E-state index contributed by atoms with van der Waals surface area (Å²) in [7, 11) is -4.74. The van der Waals surface area contributed by atoms with Crippen LogP contribution in [0.25, 0.3) is 0 Å². The minimum absolute atomic E-state index is 0.0961. The Morgan fingerprint density at radius 3 is 2.17 bits per heavy atom. The summed E-state index contributed by atoms with van der Waals surface area (Å²) < 4.78 is 69.6. The summed E-state index contributed by atoms with van der Waals surface area (Å²) in [6.45, 7) is 3.57. The second kappa shape index (κ2) is 13.2. The number of phosphoric ester groups is 1. The van der Waals surface area contributed by atoms with Gasteiger partial charge in [-0.3, -0.25) is 9.09 Å². The van der Waals surface area contributed by atoms with E-state index in [0.29, 0.717) is 12.8 Å². The number of aliphatic hydroxyl groups excluding tert-OH is 1. The highest BCUT2D eigenvalue weighted by atomic mass is 31.2. The zero-order chi connectivity index (χ0) is 29.7. The number of anilines is 1. The van der Waals surface area contributed by atoms with Gasteiger partial charge < -0.3 is 34.5 Å². The van der Waals surface area contributed by atoms with Crippen LogP contribution in [0.15, 0.2) is 17.1 Å². The Morgan fingerprint density at radius 1 is 1.15 bits per heavy atom. The van der Waals surface area contributed by atoms with Crippen LogP contribution in [0.4, 0.5) is 19.8 Å². The molecule has 3 N–H and O–H groups in total. The highest BCUT2D eigenvalue weighted by molar-refractivity contribution is 7.48. The van der Waals surface area contributed by atoms with E-state index in [4.69, 9.17) is 33.5 Å². The van der Waals surface area contributed by atoms with Crippen LogP contribution in [0, 0.1) is 5.92 Å². The number of nitrogens with zero attached hydrogens (tertiary/aromatic N) is 2. The maximum Gasteiger partial charge on any atom is 0.510 e. The first kappa shape index (κ1) is 31.7. The van der Waals surface area contributed by atoms with Crippen molar-refractivity contribution in [1.29, 1.82) is 0 Å². The molecular weight excluding hydrogens is 564 g/mol. The summed E-state index contributed by atoms with van der Waals surface area (Å²) in [5.41, 5.74) is 2.79. The number of alkyl halides is 1. The van der Waals surface area contributed by atoms with E-state index in [1.54, 1.807) is 27.7 Å². The Kier molecular flexibility index (Phi) is 10.5. The van der Waals surface area contributed by atoms with Crippen molar-refractivity contribution in [2.24, 2.45) is 5.92 Å². The topological polar surface area (TPSA) is 206 Å². The van der Waals surface area contributed by atoms with Crippen LogP contribution in [-0.4, -0.2) is 77.2 Å². The number of rotatable bonds is 13. The number of aromatic nitrogens is 2. The molecule has 2 aliphatic rings. The predicted molar refractivity (Wildman–Crippen MR) is 130 cm³/mol. The van der Waals surface area contributed by atoms with Crippen LogP contribution >= 0.6 is 7.82 Å². The molecule has 1 saturated carbocycles. The van der Waals surface area contributed by atoms with Crippen LogP contribution in [0.1, 0.15) is 46.8 Å². The number of nitrogen functional groups attached to an aromatic ring is 1. The lowest BCUT2D eigenvalue weighted by Gasteiger charge is -2.32. The zero-order valence-corrected chi connectivity index (χ0v) is 23.2. The molecule has 4 atom stereocenters. The van der Waals surface area contributed by atoms with Gasteiger partial charge in [-0.1, -0.05) is 0 Å². The second-order valence-corrected chi connectivity index (χ2v) is 11.2. The number of aliphatic hydroxyl groups is 1. The molecule has 16 nitrogen and oxygen atoms in total. The van der Waals surface area contributed by atoms with E-state index >= 15 is 4.39 Å². The molecule has 2 heterocycles. The van der Waals surface area contributed by atoms with Gasteiger partial charge >= 0.3 is 25.8 Å². The third-order valence-corrected chi connectivity index (χ3v) is 6.98. The molecule has 0 unspecified atom stereocenters. The molecule has 2 fully saturated rings. The highest BCUT2D eigenvalue weighted by Gasteiger charge is 2.63. The SMILES string of the molecule is CC(C)OC(=O)OCOP(=O)(OCOC(=O)OC(C)C)OC[C@@]1(C2CC2)O[C@@H](n2ccc(N)nc2=O)[C@H](F)[C@@H]1O. The third kappa shape index (κ3) is 8.11. The Morgan fingerprint density at radius 2 is 1.70 bits per heavy atom. The van der Waals surface area contributed by atoms with Gasteiger partial charge in [0.2, 0.25) is 13.6 Å². The van der Waals surface area contributed by atoms with Crippen molar-refractivity contribution < 1.29 is 60.9 Å². The number of carbonyl (C=O) groups excluding carboxylic acids is 2. The summed E-state index contributed by atoms with van der Waals surface area (Å²) in [4.78, 5) is 39.1. The Balaban J connectivity index is 1.75. The van der Waals surface area contributed by atoms with Crippen molar-refractivity contribution >= 4 is 26.0 Å². The van der Waals surface area contributed by atoms with Crippen molar-refractivity contribution in [1.82, 2.24) is 9.55 Å². The molecule has 0 bridgehead atoms. The van der Waals surface area contributed by atoms with Gasteiger partial charge in [-0.25, -0.2) is 32.4 Å². The number of halogens is 1. The molecule has 18 heteroatoms. The highest BCUT2D eigenvalue weighted by Crippen LogP contribution is 2.56. The van der Waals surface area contributed by atoms with Gasteiger partial charge in [-0.05, 0) is 52.5 Å².